The quantitative estimate of drug-likeness (QED) is 0.127. The summed E-state index contributed by atoms with van der Waals surface area (Å²) in [6.07, 6.45) is 3.66. The highest BCUT2D eigenvalue weighted by molar-refractivity contribution is 6.22. The van der Waals surface area contributed by atoms with Crippen LogP contribution in [0.5, 0.6) is 0 Å². The fourth-order valence-corrected chi connectivity index (χ4v) is 7.58. The molecule has 56 heavy (non-hydrogen) atoms. The molecule has 0 unspecified atom stereocenters. The first-order valence-electron chi connectivity index (χ1n) is 18.6. The molecule has 1 aliphatic heterocycles. The van der Waals surface area contributed by atoms with Gasteiger partial charge in [-0.2, -0.15) is 0 Å². The van der Waals surface area contributed by atoms with Crippen LogP contribution in [0.3, 0.4) is 0 Å². The minimum Gasteiger partial charge on any atom is -0.387 e. The predicted molar refractivity (Wildman–Crippen MR) is 225 cm³/mol. The summed E-state index contributed by atoms with van der Waals surface area (Å²) < 4.78 is 11.3. The van der Waals surface area contributed by atoms with Crippen molar-refractivity contribution in [2.45, 2.75) is 0 Å². The average Bonchev–Trinajstić information content (AvgIpc) is 3.85. The Balaban J connectivity index is 0.946. The van der Waals surface area contributed by atoms with Gasteiger partial charge in [-0.05, 0) is 67.7 Å². The minimum absolute atomic E-state index is 0.547. The van der Waals surface area contributed by atoms with Crippen molar-refractivity contribution >= 4 is 44.4 Å². The fraction of sp³-hybridized carbons (Fsp3) is 0. The second-order valence-corrected chi connectivity index (χ2v) is 14.0. The van der Waals surface area contributed by atoms with Crippen molar-refractivity contribution in [2.75, 3.05) is 0 Å². The van der Waals surface area contributed by atoms with E-state index in [-0.39, 0.29) is 0 Å². The van der Waals surface area contributed by atoms with E-state index >= 15 is 0 Å². The molecule has 1 aliphatic rings. The zero-order chi connectivity index (χ0) is 37.0. The van der Waals surface area contributed by atoms with Gasteiger partial charge >= 0.3 is 11.3 Å². The molecule has 0 saturated carbocycles. The standard InChI is InChI=1S/C50H30N5O/c1-3-9-31(10-4-1)32-15-17-33(18-16-32)44-29-45(54-49(53-44)36-11-5-2-6-12-36)34-19-21-35(22-20-34)46-48-47(52-30-51-46)42-28-43(55-50(42)56-48)40-24-23-39-25-37-13-7-8-14-38(37)26-41(39)27-40/h1-30H/q+1. The molecule has 0 bridgehead atoms. The number of aromatic nitrogens is 4. The van der Waals surface area contributed by atoms with Crippen LogP contribution in [-0.4, -0.2) is 25.6 Å². The molecule has 0 amide bonds. The van der Waals surface area contributed by atoms with Crippen LogP contribution in [0.15, 0.2) is 181 Å². The van der Waals surface area contributed by atoms with Gasteiger partial charge in [0.15, 0.2) is 11.4 Å². The molecule has 0 fully saturated rings. The number of furan rings is 1. The first kappa shape index (κ1) is 31.7. The van der Waals surface area contributed by atoms with Crippen molar-refractivity contribution in [2.24, 2.45) is 0 Å². The van der Waals surface area contributed by atoms with Crippen LogP contribution in [0.4, 0.5) is 0 Å². The van der Waals surface area contributed by atoms with Crippen LogP contribution in [0, 0.1) is 0 Å². The van der Waals surface area contributed by atoms with Gasteiger partial charge in [-0.15, -0.1) is 0 Å². The summed E-state index contributed by atoms with van der Waals surface area (Å²) in [5.41, 5.74) is 12.4. The van der Waals surface area contributed by atoms with Gasteiger partial charge < -0.3 is 4.42 Å². The van der Waals surface area contributed by atoms with Crippen molar-refractivity contribution in [3.8, 4) is 56.3 Å². The van der Waals surface area contributed by atoms with Crippen LogP contribution in [0.25, 0.3) is 95.0 Å². The predicted octanol–water partition coefficient (Wildman–Crippen LogP) is 9.62. The van der Waals surface area contributed by atoms with Gasteiger partial charge in [-0.25, -0.2) is 19.9 Å². The molecule has 260 valence electrons. The lowest BCUT2D eigenvalue weighted by atomic mass is 10.00. The van der Waals surface area contributed by atoms with E-state index in [0.29, 0.717) is 22.7 Å². The lowest BCUT2D eigenvalue weighted by Gasteiger charge is -2.10. The third kappa shape index (κ3) is 5.57. The number of benzene rings is 7. The highest BCUT2D eigenvalue weighted by Gasteiger charge is 2.25. The van der Waals surface area contributed by atoms with E-state index in [9.17, 15) is 0 Å². The lowest BCUT2D eigenvalue weighted by Crippen LogP contribution is -2.19. The Bertz CT molecular complexity index is 3310. The molecule has 6 nitrogen and oxygen atoms in total. The zero-order valence-electron chi connectivity index (χ0n) is 30.0. The van der Waals surface area contributed by atoms with E-state index in [1.165, 1.54) is 27.1 Å². The maximum absolute atomic E-state index is 6.41. The molecule has 10 aromatic rings. The Morgan fingerprint density at radius 1 is 0.429 bits per heavy atom. The van der Waals surface area contributed by atoms with E-state index in [2.05, 4.69) is 150 Å². The third-order valence-electron chi connectivity index (χ3n) is 10.5. The van der Waals surface area contributed by atoms with Gasteiger partial charge in [0.05, 0.1) is 23.0 Å². The molecule has 0 aliphatic carbocycles. The van der Waals surface area contributed by atoms with Crippen LogP contribution in [-0.2, 0) is 0 Å². The second kappa shape index (κ2) is 13.0. The van der Waals surface area contributed by atoms with E-state index < -0.39 is 0 Å². The number of rotatable bonds is 6. The van der Waals surface area contributed by atoms with Crippen molar-refractivity contribution in [3.63, 3.8) is 0 Å². The molecule has 3 aromatic heterocycles. The van der Waals surface area contributed by atoms with Crippen molar-refractivity contribution < 1.29 is 4.42 Å². The Kier molecular flexibility index (Phi) is 7.34. The summed E-state index contributed by atoms with van der Waals surface area (Å²) in [7, 11) is 0. The second-order valence-electron chi connectivity index (χ2n) is 14.0. The molecule has 0 spiro atoms. The summed E-state index contributed by atoms with van der Waals surface area (Å²) in [4.78, 5) is 19.4. The van der Waals surface area contributed by atoms with Crippen LogP contribution >= 0.6 is 0 Å². The van der Waals surface area contributed by atoms with E-state index in [4.69, 9.17) is 19.1 Å². The van der Waals surface area contributed by atoms with E-state index in [0.717, 1.165) is 61.2 Å². The largest absolute Gasteiger partial charge is 0.503 e. The number of fused-ring (bicyclic) bond motifs is 5. The highest BCUT2D eigenvalue weighted by atomic mass is 16.3. The Hall–Kier alpha value is -7.79. The highest BCUT2D eigenvalue weighted by Crippen LogP contribution is 2.32. The van der Waals surface area contributed by atoms with Gasteiger partial charge in [0, 0.05) is 22.3 Å². The van der Waals surface area contributed by atoms with Crippen molar-refractivity contribution in [3.05, 3.63) is 193 Å². The van der Waals surface area contributed by atoms with Gasteiger partial charge in [0.1, 0.15) is 22.8 Å². The first-order valence-corrected chi connectivity index (χ1v) is 18.6. The lowest BCUT2D eigenvalue weighted by molar-refractivity contribution is 0.552. The molecule has 0 atom stereocenters. The topological polar surface area (TPSA) is 78.8 Å². The number of nitrogens with zero attached hydrogens (tertiary/aromatic N) is 5. The molecule has 7 aromatic carbocycles. The Morgan fingerprint density at radius 3 is 1.68 bits per heavy atom. The van der Waals surface area contributed by atoms with E-state index in [1.807, 2.05) is 36.4 Å². The zero-order valence-corrected chi connectivity index (χ0v) is 30.0. The van der Waals surface area contributed by atoms with Gasteiger partial charge in [-0.1, -0.05) is 140 Å². The SMILES string of the molecule is C1=c2c(oc3c(-c4ccc(-c5cc(-c6ccc(-c7ccccc7)cc6)nc(-c6ccccc6)n5)cc4)ncnc23)=[N+]=C1c1ccc2cc3ccccc3cc2c1. The molecule has 0 radical (unpaired) electrons. The summed E-state index contributed by atoms with van der Waals surface area (Å²) in [5.74, 6) is 0.672. The smallest absolute Gasteiger partial charge is 0.387 e. The van der Waals surface area contributed by atoms with Crippen molar-refractivity contribution in [1.29, 1.82) is 0 Å². The minimum atomic E-state index is 0.547. The maximum atomic E-state index is 6.41. The monoisotopic (exact) mass is 716 g/mol. The van der Waals surface area contributed by atoms with Gasteiger partial charge in [-0.3, -0.25) is 0 Å². The summed E-state index contributed by atoms with van der Waals surface area (Å²) in [6, 6.07) is 58.7. The van der Waals surface area contributed by atoms with Gasteiger partial charge in [0.25, 0.3) is 0 Å². The Morgan fingerprint density at radius 2 is 0.982 bits per heavy atom. The molecule has 0 saturated heterocycles. The fourth-order valence-electron chi connectivity index (χ4n) is 7.58. The molecule has 6 heteroatoms. The molecule has 4 heterocycles. The van der Waals surface area contributed by atoms with Gasteiger partial charge in [0.2, 0.25) is 0 Å². The van der Waals surface area contributed by atoms with Crippen molar-refractivity contribution in [1.82, 2.24) is 24.6 Å². The summed E-state index contributed by atoms with van der Waals surface area (Å²) in [6.45, 7) is 0. The number of hydrogen-bond acceptors (Lipinski definition) is 5. The van der Waals surface area contributed by atoms with Crippen LogP contribution in [0.1, 0.15) is 5.56 Å². The van der Waals surface area contributed by atoms with E-state index in [1.54, 1.807) is 6.33 Å². The third-order valence-corrected chi connectivity index (χ3v) is 10.5. The first-order chi connectivity index (χ1) is 27.7. The maximum Gasteiger partial charge on any atom is 0.503 e. The molecular weight excluding hydrogens is 687 g/mol. The summed E-state index contributed by atoms with van der Waals surface area (Å²) in [5, 5.41) is 5.68. The molecule has 11 rings (SSSR count). The molecule has 0 N–H and O–H groups in total. The normalized spacial score (nSPS) is 12.0. The van der Waals surface area contributed by atoms with Crippen LogP contribution < -0.4 is 15.4 Å². The van der Waals surface area contributed by atoms with Crippen LogP contribution in [0.2, 0.25) is 0 Å². The number of hydrogen-bond donors (Lipinski definition) is 0. The molecular formula is C50H30N5O+. The Labute approximate surface area is 321 Å². The average molecular weight is 717 g/mol. The summed E-state index contributed by atoms with van der Waals surface area (Å²) >= 11 is 0.